The van der Waals surface area contributed by atoms with Gasteiger partial charge in [-0.3, -0.25) is 4.21 Å². The number of nitrogens with one attached hydrogen (secondary N) is 1. The van der Waals surface area contributed by atoms with Gasteiger partial charge in [-0.25, -0.2) is 34.9 Å². The maximum Gasteiger partial charge on any atom is 0.226 e. The Bertz CT molecular complexity index is 1590. The molecule has 7 rings (SSSR count). The third kappa shape index (κ3) is 7.68. The summed E-state index contributed by atoms with van der Waals surface area (Å²) in [5.74, 6) is 3.85. The van der Waals surface area contributed by atoms with E-state index < -0.39 is 16.9 Å². The van der Waals surface area contributed by atoms with Gasteiger partial charge in [-0.2, -0.15) is 4.98 Å². The molecule has 4 aromatic heterocycles. The van der Waals surface area contributed by atoms with E-state index in [1.54, 1.807) is 18.7 Å². The number of hydrogen-bond acceptors (Lipinski definition) is 15. The summed E-state index contributed by atoms with van der Waals surface area (Å²) in [7, 11) is -0.795. The molecule has 45 heavy (non-hydrogen) atoms. The van der Waals surface area contributed by atoms with Crippen molar-refractivity contribution in [3.8, 4) is 0 Å². The number of hydrogen-bond donors (Lipinski definition) is 3. The van der Waals surface area contributed by atoms with Crippen LogP contribution in [0.2, 0.25) is 0 Å². The zero-order chi connectivity index (χ0) is 31.0. The predicted octanol–water partition coefficient (Wildman–Crippen LogP) is 1.15. The molecule has 7 heterocycles. The molecule has 3 N–H and O–H groups in total. The summed E-state index contributed by atoms with van der Waals surface area (Å²) in [6.45, 7) is 5.05. The minimum Gasteiger partial charge on any atom is -0.394 e. The fourth-order valence-electron chi connectivity index (χ4n) is 5.70. The molecule has 3 aliphatic rings. The zero-order valence-electron chi connectivity index (χ0n) is 25.3. The molecule has 1 atom stereocenters. The number of anilines is 4. The van der Waals surface area contributed by atoms with Gasteiger partial charge < -0.3 is 30.2 Å². The second kappa shape index (κ2) is 14.9. The molecule has 240 valence electrons. The van der Waals surface area contributed by atoms with Crippen molar-refractivity contribution in [1.29, 1.82) is 0 Å². The number of nitrogens with zero attached hydrogens (tertiary/aromatic N) is 11. The summed E-state index contributed by atoms with van der Waals surface area (Å²) in [4.78, 5) is 41.8. The Morgan fingerprint density at radius 3 is 2.18 bits per heavy atom. The van der Waals surface area contributed by atoms with Crippen LogP contribution in [0.3, 0.4) is 0 Å². The maximum atomic E-state index is 11.8. The highest BCUT2D eigenvalue weighted by Gasteiger charge is 2.24. The van der Waals surface area contributed by atoms with Crippen molar-refractivity contribution >= 4 is 56.4 Å². The standard InChI is InChI=1S/C18H27N7O3S.C11H13N5/c26-11-13(27)10-19-18-22-15-14(17(23-18)25-6-8-29(28)9-7-25)20-12-21-16(15)24-4-2-1-3-5-24;1-2-4-16(5-3-1)11-13-7-9-10(15-11)6-12-8-14-9/h12-13,26-27H,1-11H2,(H,19,22,23);6-8H,1-5H2. The molecular weight excluding hydrogens is 596 g/mol. The van der Waals surface area contributed by atoms with Crippen LogP contribution in [0.25, 0.3) is 22.1 Å². The van der Waals surface area contributed by atoms with Gasteiger partial charge >= 0.3 is 0 Å². The van der Waals surface area contributed by atoms with E-state index in [-0.39, 0.29) is 13.2 Å². The monoisotopic (exact) mass is 636 g/mol. The smallest absolute Gasteiger partial charge is 0.226 e. The minimum atomic E-state index is -0.899. The highest BCUT2D eigenvalue weighted by atomic mass is 32.2. The van der Waals surface area contributed by atoms with Gasteiger partial charge in [-0.05, 0) is 38.5 Å². The van der Waals surface area contributed by atoms with Gasteiger partial charge in [-0.1, -0.05) is 0 Å². The summed E-state index contributed by atoms with van der Waals surface area (Å²) in [6, 6.07) is 0. The molecule has 0 radical (unpaired) electrons. The Balaban J connectivity index is 0.000000187. The Labute approximate surface area is 264 Å². The van der Waals surface area contributed by atoms with Crippen LogP contribution in [0.15, 0.2) is 25.0 Å². The summed E-state index contributed by atoms with van der Waals surface area (Å²) in [5, 5.41) is 21.8. The first-order valence-corrected chi connectivity index (χ1v) is 17.2. The Morgan fingerprint density at radius 1 is 0.733 bits per heavy atom. The van der Waals surface area contributed by atoms with Crippen LogP contribution in [0, 0.1) is 0 Å². The third-order valence-corrected chi connectivity index (χ3v) is 9.44. The van der Waals surface area contributed by atoms with Crippen LogP contribution in [0.1, 0.15) is 38.5 Å². The first-order valence-electron chi connectivity index (χ1n) is 15.7. The van der Waals surface area contributed by atoms with Crippen LogP contribution >= 0.6 is 0 Å². The van der Waals surface area contributed by atoms with E-state index >= 15 is 0 Å². The third-order valence-electron chi connectivity index (χ3n) is 8.17. The van der Waals surface area contributed by atoms with Gasteiger partial charge in [-0.15, -0.1) is 0 Å². The van der Waals surface area contributed by atoms with Crippen LogP contribution in [0.4, 0.5) is 23.5 Å². The van der Waals surface area contributed by atoms with Crippen molar-refractivity contribution in [3.63, 3.8) is 0 Å². The second-order valence-electron chi connectivity index (χ2n) is 11.4. The van der Waals surface area contributed by atoms with Crippen molar-refractivity contribution in [2.45, 2.75) is 44.6 Å². The highest BCUT2D eigenvalue weighted by molar-refractivity contribution is 7.85. The number of aromatic nitrogens is 8. The lowest BCUT2D eigenvalue weighted by Gasteiger charge is -2.30. The van der Waals surface area contributed by atoms with E-state index in [4.69, 9.17) is 5.11 Å². The number of piperidine rings is 2. The molecule has 15 nitrogen and oxygen atoms in total. The van der Waals surface area contributed by atoms with Crippen LogP contribution in [0.5, 0.6) is 0 Å². The SMILES string of the molecule is O=S1CCN(c2nc(NCC(O)CO)nc3c(N4CCCCC4)ncnc23)CC1.c1ncc2nc(N3CCCCC3)ncc2n1. The van der Waals surface area contributed by atoms with E-state index in [1.807, 2.05) is 0 Å². The van der Waals surface area contributed by atoms with Crippen LogP contribution < -0.4 is 20.0 Å². The van der Waals surface area contributed by atoms with Gasteiger partial charge in [0.15, 0.2) is 11.6 Å². The lowest BCUT2D eigenvalue weighted by atomic mass is 10.1. The molecule has 1 unspecified atom stereocenters. The lowest BCUT2D eigenvalue weighted by Crippen LogP contribution is -2.38. The average Bonchev–Trinajstić information content (AvgIpc) is 3.11. The first kappa shape index (κ1) is 31.1. The fourth-order valence-corrected chi connectivity index (χ4v) is 6.75. The highest BCUT2D eigenvalue weighted by Crippen LogP contribution is 2.31. The second-order valence-corrected chi connectivity index (χ2v) is 13.1. The number of fused-ring (bicyclic) bond motifs is 2. The van der Waals surface area contributed by atoms with E-state index in [0.717, 1.165) is 61.8 Å². The molecule has 0 saturated carbocycles. The van der Waals surface area contributed by atoms with Crippen LogP contribution in [-0.2, 0) is 10.8 Å². The topological polar surface area (TPSA) is 182 Å². The van der Waals surface area contributed by atoms with Crippen molar-refractivity contribution in [3.05, 3.63) is 25.0 Å². The average molecular weight is 637 g/mol. The molecule has 3 fully saturated rings. The van der Waals surface area contributed by atoms with E-state index in [9.17, 15) is 9.32 Å². The van der Waals surface area contributed by atoms with Gasteiger partial charge in [0.2, 0.25) is 11.9 Å². The Kier molecular flexibility index (Phi) is 10.3. The Hall–Kier alpha value is -3.89. The molecule has 0 amide bonds. The molecule has 0 aromatic carbocycles. The van der Waals surface area contributed by atoms with Gasteiger partial charge in [0.1, 0.15) is 34.7 Å². The largest absolute Gasteiger partial charge is 0.394 e. The lowest BCUT2D eigenvalue weighted by molar-refractivity contribution is 0.105. The van der Waals surface area contributed by atoms with Gasteiger partial charge in [0.25, 0.3) is 0 Å². The molecule has 0 bridgehead atoms. The predicted molar refractivity (Wildman–Crippen MR) is 174 cm³/mol. The van der Waals surface area contributed by atoms with Gasteiger partial charge in [0.05, 0.1) is 25.1 Å². The number of rotatable bonds is 7. The summed E-state index contributed by atoms with van der Waals surface area (Å²) in [5.41, 5.74) is 2.97. The maximum absolute atomic E-state index is 11.8. The van der Waals surface area contributed by atoms with E-state index in [0.29, 0.717) is 47.4 Å². The summed E-state index contributed by atoms with van der Waals surface area (Å²) >= 11 is 0. The quantitative estimate of drug-likeness (QED) is 0.262. The van der Waals surface area contributed by atoms with Crippen molar-refractivity contribution in [1.82, 2.24) is 39.9 Å². The van der Waals surface area contributed by atoms with E-state index in [2.05, 4.69) is 59.9 Å². The molecule has 3 aliphatic heterocycles. The fraction of sp³-hybridized carbons (Fsp3) is 0.586. The minimum absolute atomic E-state index is 0.137. The molecule has 4 aromatic rings. The Morgan fingerprint density at radius 2 is 1.44 bits per heavy atom. The zero-order valence-corrected chi connectivity index (χ0v) is 26.1. The normalized spacial score (nSPS) is 18.5. The van der Waals surface area contributed by atoms with E-state index in [1.165, 1.54) is 32.0 Å². The molecular formula is C29H40N12O3S. The summed E-state index contributed by atoms with van der Waals surface area (Å²) < 4.78 is 11.8. The number of aliphatic hydroxyl groups is 2. The van der Waals surface area contributed by atoms with Crippen molar-refractivity contribution in [2.24, 2.45) is 0 Å². The molecule has 3 saturated heterocycles. The first-order chi connectivity index (χ1) is 22.1. The van der Waals surface area contributed by atoms with Crippen molar-refractivity contribution < 1.29 is 14.4 Å². The number of aliphatic hydroxyl groups excluding tert-OH is 2. The van der Waals surface area contributed by atoms with Crippen molar-refractivity contribution in [2.75, 3.05) is 83.9 Å². The molecule has 16 heteroatoms. The van der Waals surface area contributed by atoms with Crippen LogP contribution in [-0.4, -0.2) is 124 Å². The molecule has 0 aliphatic carbocycles. The molecule has 0 spiro atoms. The summed E-state index contributed by atoms with van der Waals surface area (Å²) in [6.07, 6.45) is 12.9. The van der Waals surface area contributed by atoms with Gasteiger partial charge in [0, 0.05) is 68.1 Å².